The van der Waals surface area contributed by atoms with Gasteiger partial charge >= 0.3 is 0 Å². The number of carbonyl (C=O) groups is 1. The second kappa shape index (κ2) is 5.75. The van der Waals surface area contributed by atoms with Gasteiger partial charge in [0.25, 0.3) is 0 Å². The first-order valence-corrected chi connectivity index (χ1v) is 7.94. The molecular formula is C15H24N4O2. The number of amides is 1. The molecule has 0 bridgehead atoms. The number of aromatic nitrogens is 2. The summed E-state index contributed by atoms with van der Waals surface area (Å²) < 4.78 is 5.02. The topological polar surface area (TPSA) is 85.2 Å². The molecule has 1 saturated carbocycles. The highest BCUT2D eigenvalue weighted by atomic mass is 16.5. The summed E-state index contributed by atoms with van der Waals surface area (Å²) in [6, 6.07) is 0. The second-order valence-corrected chi connectivity index (χ2v) is 6.56. The fourth-order valence-corrected chi connectivity index (χ4v) is 3.63. The molecule has 0 aromatic carbocycles. The van der Waals surface area contributed by atoms with E-state index < -0.39 is 5.54 Å². The highest BCUT2D eigenvalue weighted by Crippen LogP contribution is 2.31. The summed E-state index contributed by atoms with van der Waals surface area (Å²) in [5.41, 5.74) is 5.70. The van der Waals surface area contributed by atoms with Gasteiger partial charge in [0.15, 0.2) is 5.82 Å². The van der Waals surface area contributed by atoms with Gasteiger partial charge in [-0.25, -0.2) is 0 Å². The summed E-state index contributed by atoms with van der Waals surface area (Å²) >= 11 is 0. The van der Waals surface area contributed by atoms with Gasteiger partial charge in [-0.2, -0.15) is 4.98 Å². The number of carbonyl (C=O) groups excluding carboxylic acids is 1. The summed E-state index contributed by atoms with van der Waals surface area (Å²) in [6.07, 6.45) is 6.72. The molecule has 1 saturated heterocycles. The van der Waals surface area contributed by atoms with Gasteiger partial charge in [-0.05, 0) is 31.6 Å². The van der Waals surface area contributed by atoms with Crippen molar-refractivity contribution in [1.82, 2.24) is 15.0 Å². The minimum Gasteiger partial charge on any atom is -0.341 e. The van der Waals surface area contributed by atoms with Crippen LogP contribution in [0.5, 0.6) is 0 Å². The summed E-state index contributed by atoms with van der Waals surface area (Å²) in [5, 5.41) is 3.96. The predicted molar refractivity (Wildman–Crippen MR) is 77.4 cm³/mol. The number of likely N-dealkylation sites (tertiary alicyclic amines) is 1. The van der Waals surface area contributed by atoms with Gasteiger partial charge in [0.2, 0.25) is 11.8 Å². The van der Waals surface area contributed by atoms with E-state index in [1.807, 2.05) is 4.90 Å². The van der Waals surface area contributed by atoms with Crippen LogP contribution in [0.3, 0.4) is 0 Å². The van der Waals surface area contributed by atoms with Gasteiger partial charge in [-0.1, -0.05) is 18.0 Å². The van der Waals surface area contributed by atoms with Crippen molar-refractivity contribution in [2.45, 2.75) is 57.4 Å². The van der Waals surface area contributed by atoms with Crippen molar-refractivity contribution in [3.63, 3.8) is 0 Å². The zero-order valence-corrected chi connectivity index (χ0v) is 12.7. The molecule has 1 aliphatic heterocycles. The van der Waals surface area contributed by atoms with E-state index in [-0.39, 0.29) is 5.91 Å². The van der Waals surface area contributed by atoms with E-state index in [0.29, 0.717) is 11.8 Å². The molecule has 1 aromatic rings. The van der Waals surface area contributed by atoms with E-state index in [0.717, 1.165) is 63.9 Å². The van der Waals surface area contributed by atoms with Gasteiger partial charge in [0, 0.05) is 26.4 Å². The Morgan fingerprint density at radius 1 is 1.43 bits per heavy atom. The third kappa shape index (κ3) is 3.10. The standard InChI is InChI=1S/C15H24N4O2/c1-11-17-13(18-21-11)9-12-5-4-8-19(10-12)14(20)15(16)6-2-3-7-15/h12H,2-10,16H2,1H3. The van der Waals surface area contributed by atoms with Crippen LogP contribution in [0.4, 0.5) is 0 Å². The Bertz CT molecular complexity index is 508. The predicted octanol–water partition coefficient (Wildman–Crippen LogP) is 1.43. The molecule has 0 spiro atoms. The molecule has 21 heavy (non-hydrogen) atoms. The van der Waals surface area contributed by atoms with E-state index in [1.165, 1.54) is 0 Å². The maximum Gasteiger partial charge on any atom is 0.242 e. The number of aryl methyl sites for hydroxylation is 1. The molecule has 1 aliphatic carbocycles. The molecule has 1 unspecified atom stereocenters. The largest absolute Gasteiger partial charge is 0.341 e. The van der Waals surface area contributed by atoms with Gasteiger partial charge in [0.05, 0.1) is 5.54 Å². The monoisotopic (exact) mass is 292 g/mol. The molecule has 6 heteroatoms. The first kappa shape index (κ1) is 14.5. The third-order valence-electron chi connectivity index (χ3n) is 4.77. The van der Waals surface area contributed by atoms with Crippen LogP contribution in [0.15, 0.2) is 4.52 Å². The van der Waals surface area contributed by atoms with Gasteiger partial charge in [-0.15, -0.1) is 0 Å². The molecule has 1 atom stereocenters. The Balaban J connectivity index is 1.61. The Morgan fingerprint density at radius 2 is 2.19 bits per heavy atom. The third-order valence-corrected chi connectivity index (χ3v) is 4.77. The lowest BCUT2D eigenvalue weighted by atomic mass is 9.91. The van der Waals surface area contributed by atoms with Crippen LogP contribution in [-0.2, 0) is 11.2 Å². The molecule has 2 aliphatic rings. The molecule has 6 nitrogen and oxygen atoms in total. The number of piperidine rings is 1. The smallest absolute Gasteiger partial charge is 0.242 e. The number of hydrogen-bond donors (Lipinski definition) is 1. The van der Waals surface area contributed by atoms with Crippen LogP contribution in [0.25, 0.3) is 0 Å². The molecule has 116 valence electrons. The van der Waals surface area contributed by atoms with Crippen molar-refractivity contribution < 1.29 is 9.32 Å². The zero-order valence-electron chi connectivity index (χ0n) is 12.7. The van der Waals surface area contributed by atoms with E-state index in [4.69, 9.17) is 10.3 Å². The first-order valence-electron chi connectivity index (χ1n) is 7.94. The number of nitrogens with zero attached hydrogens (tertiary/aromatic N) is 3. The van der Waals surface area contributed by atoms with Crippen molar-refractivity contribution in [3.8, 4) is 0 Å². The zero-order chi connectivity index (χ0) is 14.9. The Hall–Kier alpha value is -1.43. The maximum atomic E-state index is 12.7. The van der Waals surface area contributed by atoms with Gasteiger partial charge in [-0.3, -0.25) is 4.79 Å². The molecule has 0 radical (unpaired) electrons. The number of hydrogen-bond acceptors (Lipinski definition) is 5. The van der Waals surface area contributed by atoms with Crippen LogP contribution < -0.4 is 5.73 Å². The van der Waals surface area contributed by atoms with E-state index in [2.05, 4.69) is 10.1 Å². The lowest BCUT2D eigenvalue weighted by Gasteiger charge is -2.37. The van der Waals surface area contributed by atoms with E-state index >= 15 is 0 Å². The molecule has 3 rings (SSSR count). The van der Waals surface area contributed by atoms with Crippen LogP contribution in [0.1, 0.15) is 50.2 Å². The molecule has 2 fully saturated rings. The minimum atomic E-state index is -0.607. The molecule has 1 aromatic heterocycles. The Morgan fingerprint density at radius 3 is 2.86 bits per heavy atom. The molecule has 2 N–H and O–H groups in total. The van der Waals surface area contributed by atoms with E-state index in [9.17, 15) is 4.79 Å². The summed E-state index contributed by atoms with van der Waals surface area (Å²) in [4.78, 5) is 18.9. The fourth-order valence-electron chi connectivity index (χ4n) is 3.63. The SMILES string of the molecule is Cc1nc(CC2CCCN(C(=O)C3(N)CCCC3)C2)no1. The summed E-state index contributed by atoms with van der Waals surface area (Å²) in [6.45, 7) is 3.40. The fraction of sp³-hybridized carbons (Fsp3) is 0.800. The highest BCUT2D eigenvalue weighted by molar-refractivity contribution is 5.86. The number of rotatable bonds is 3. The first-order chi connectivity index (χ1) is 10.1. The van der Waals surface area contributed by atoms with Gasteiger partial charge < -0.3 is 15.2 Å². The van der Waals surface area contributed by atoms with Crippen molar-refractivity contribution in [3.05, 3.63) is 11.7 Å². The summed E-state index contributed by atoms with van der Waals surface area (Å²) in [5.74, 6) is 1.90. The summed E-state index contributed by atoms with van der Waals surface area (Å²) in [7, 11) is 0. The van der Waals surface area contributed by atoms with Crippen LogP contribution in [0, 0.1) is 12.8 Å². The average molecular weight is 292 g/mol. The van der Waals surface area contributed by atoms with Crippen molar-refractivity contribution in [2.24, 2.45) is 11.7 Å². The Kier molecular flexibility index (Phi) is 3.97. The Labute approximate surface area is 125 Å². The molecular weight excluding hydrogens is 268 g/mol. The van der Waals surface area contributed by atoms with Crippen LogP contribution >= 0.6 is 0 Å². The average Bonchev–Trinajstić information content (AvgIpc) is 3.08. The van der Waals surface area contributed by atoms with Crippen molar-refractivity contribution >= 4 is 5.91 Å². The quantitative estimate of drug-likeness (QED) is 0.911. The van der Waals surface area contributed by atoms with Crippen molar-refractivity contribution in [2.75, 3.05) is 13.1 Å². The number of nitrogens with two attached hydrogens (primary N) is 1. The van der Waals surface area contributed by atoms with E-state index in [1.54, 1.807) is 6.92 Å². The highest BCUT2D eigenvalue weighted by Gasteiger charge is 2.41. The second-order valence-electron chi connectivity index (χ2n) is 6.56. The normalized spacial score (nSPS) is 25.2. The van der Waals surface area contributed by atoms with Crippen LogP contribution in [0.2, 0.25) is 0 Å². The van der Waals surface area contributed by atoms with Crippen molar-refractivity contribution in [1.29, 1.82) is 0 Å². The van der Waals surface area contributed by atoms with Gasteiger partial charge in [0.1, 0.15) is 0 Å². The lowest BCUT2D eigenvalue weighted by molar-refractivity contribution is -0.138. The minimum absolute atomic E-state index is 0.147. The van der Waals surface area contributed by atoms with Crippen LogP contribution in [-0.4, -0.2) is 39.6 Å². The maximum absolute atomic E-state index is 12.7. The molecule has 1 amide bonds. The lowest BCUT2D eigenvalue weighted by Crippen LogP contribution is -2.55. The molecule has 2 heterocycles.